The number of nitro groups is 1. The lowest BCUT2D eigenvalue weighted by molar-refractivity contribution is -0.384. The first-order chi connectivity index (χ1) is 9.63. The monoisotopic (exact) mass is 274 g/mol. The van der Waals surface area contributed by atoms with Gasteiger partial charge in [0.05, 0.1) is 10.4 Å². The fourth-order valence-electron chi connectivity index (χ4n) is 2.67. The molecule has 0 unspecified atom stereocenters. The third-order valence-electron chi connectivity index (χ3n) is 3.95. The van der Waals surface area contributed by atoms with Crippen LogP contribution in [0.5, 0.6) is 0 Å². The van der Waals surface area contributed by atoms with Crippen LogP contribution in [-0.4, -0.2) is 52.9 Å². The van der Waals surface area contributed by atoms with Crippen molar-refractivity contribution < 1.29 is 4.92 Å². The Bertz CT molecular complexity index is 629. The Balaban J connectivity index is 1.80. The number of rotatable bonds is 3. The first-order valence-corrected chi connectivity index (χ1v) is 6.79. The second kappa shape index (κ2) is 5.22. The number of likely N-dealkylation sites (N-methyl/N-ethyl adjacent to an activating group) is 1. The summed E-state index contributed by atoms with van der Waals surface area (Å²) in [5, 5.41) is 11.9. The molecule has 0 spiro atoms. The van der Waals surface area contributed by atoms with E-state index >= 15 is 0 Å². The third-order valence-corrected chi connectivity index (χ3v) is 3.95. The van der Waals surface area contributed by atoms with Crippen LogP contribution in [-0.2, 0) is 6.54 Å². The van der Waals surface area contributed by atoms with Gasteiger partial charge >= 0.3 is 0 Å². The van der Waals surface area contributed by atoms with Gasteiger partial charge in [0, 0.05) is 56.4 Å². The molecular weight excluding hydrogens is 256 g/mol. The lowest BCUT2D eigenvalue weighted by Crippen LogP contribution is -2.43. The molecule has 1 saturated heterocycles. The van der Waals surface area contributed by atoms with E-state index in [4.69, 9.17) is 0 Å². The van der Waals surface area contributed by atoms with E-state index in [-0.39, 0.29) is 10.6 Å². The number of hydrogen-bond acceptors (Lipinski definition) is 4. The van der Waals surface area contributed by atoms with Crippen LogP contribution in [0.1, 0.15) is 5.56 Å². The van der Waals surface area contributed by atoms with Crippen molar-refractivity contribution in [1.29, 1.82) is 0 Å². The topological polar surface area (TPSA) is 65.4 Å². The molecule has 3 rings (SSSR count). The van der Waals surface area contributed by atoms with E-state index in [1.54, 1.807) is 12.1 Å². The van der Waals surface area contributed by atoms with Crippen molar-refractivity contribution in [2.24, 2.45) is 0 Å². The summed E-state index contributed by atoms with van der Waals surface area (Å²) in [6.07, 6.45) is 1.96. The molecule has 0 atom stereocenters. The van der Waals surface area contributed by atoms with Crippen molar-refractivity contribution in [3.05, 3.63) is 40.1 Å². The largest absolute Gasteiger partial charge is 0.361 e. The number of fused-ring (bicyclic) bond motifs is 1. The van der Waals surface area contributed by atoms with Gasteiger partial charge in [0.1, 0.15) is 0 Å². The van der Waals surface area contributed by atoms with E-state index in [1.165, 1.54) is 5.56 Å². The molecule has 6 heteroatoms. The maximum atomic E-state index is 10.8. The number of benzene rings is 1. The summed E-state index contributed by atoms with van der Waals surface area (Å²) < 4.78 is 0. The van der Waals surface area contributed by atoms with Gasteiger partial charge in [-0.25, -0.2) is 0 Å². The summed E-state index contributed by atoms with van der Waals surface area (Å²) in [4.78, 5) is 18.3. The average molecular weight is 274 g/mol. The van der Waals surface area contributed by atoms with Crippen LogP contribution in [0, 0.1) is 10.1 Å². The zero-order valence-electron chi connectivity index (χ0n) is 11.5. The summed E-state index contributed by atoms with van der Waals surface area (Å²) in [6.45, 7) is 5.21. The smallest absolute Gasteiger partial charge is 0.271 e. The fourth-order valence-corrected chi connectivity index (χ4v) is 2.67. The SMILES string of the molecule is CN1CCN(Cc2c[nH]c3cc([N+](=O)[O-])ccc23)CC1. The van der Waals surface area contributed by atoms with Gasteiger partial charge in [0.15, 0.2) is 0 Å². The van der Waals surface area contributed by atoms with Crippen molar-refractivity contribution in [3.63, 3.8) is 0 Å². The third kappa shape index (κ3) is 2.52. The number of hydrogen-bond donors (Lipinski definition) is 1. The summed E-state index contributed by atoms with van der Waals surface area (Å²) in [5.41, 5.74) is 2.17. The molecule has 2 heterocycles. The molecule has 1 aliphatic rings. The zero-order chi connectivity index (χ0) is 14.1. The number of nitro benzene ring substituents is 1. The molecule has 6 nitrogen and oxygen atoms in total. The fraction of sp³-hybridized carbons (Fsp3) is 0.429. The van der Waals surface area contributed by atoms with Gasteiger partial charge in [-0.15, -0.1) is 0 Å². The molecule has 20 heavy (non-hydrogen) atoms. The van der Waals surface area contributed by atoms with Crippen molar-refractivity contribution in [1.82, 2.24) is 14.8 Å². The van der Waals surface area contributed by atoms with E-state index in [0.717, 1.165) is 43.6 Å². The summed E-state index contributed by atoms with van der Waals surface area (Å²) >= 11 is 0. The lowest BCUT2D eigenvalue weighted by atomic mass is 10.1. The Morgan fingerprint density at radius 1 is 1.30 bits per heavy atom. The molecule has 1 aliphatic heterocycles. The van der Waals surface area contributed by atoms with Gasteiger partial charge < -0.3 is 9.88 Å². The van der Waals surface area contributed by atoms with E-state index in [1.807, 2.05) is 12.3 Å². The van der Waals surface area contributed by atoms with Crippen LogP contribution < -0.4 is 0 Å². The van der Waals surface area contributed by atoms with Gasteiger partial charge in [0.2, 0.25) is 0 Å². The standard InChI is InChI=1S/C14H18N4O2/c1-16-4-6-17(7-5-16)10-11-9-15-14-8-12(18(19)20)2-3-13(11)14/h2-3,8-9,15H,4-7,10H2,1H3. The molecule has 2 aromatic rings. The predicted molar refractivity (Wildman–Crippen MR) is 77.7 cm³/mol. The van der Waals surface area contributed by atoms with E-state index in [0.29, 0.717) is 0 Å². The highest BCUT2D eigenvalue weighted by Crippen LogP contribution is 2.24. The van der Waals surface area contributed by atoms with Crippen molar-refractivity contribution in [3.8, 4) is 0 Å². The number of H-pyrrole nitrogens is 1. The number of nitrogens with one attached hydrogen (secondary N) is 1. The highest BCUT2D eigenvalue weighted by atomic mass is 16.6. The van der Waals surface area contributed by atoms with E-state index in [9.17, 15) is 10.1 Å². The zero-order valence-corrected chi connectivity index (χ0v) is 11.5. The Morgan fingerprint density at radius 2 is 2.05 bits per heavy atom. The highest BCUT2D eigenvalue weighted by molar-refractivity contribution is 5.85. The molecule has 0 saturated carbocycles. The Kier molecular flexibility index (Phi) is 3.42. The molecule has 0 aliphatic carbocycles. The van der Waals surface area contributed by atoms with E-state index < -0.39 is 0 Å². The number of piperazine rings is 1. The molecule has 1 aromatic carbocycles. The molecule has 0 radical (unpaired) electrons. The second-order valence-corrected chi connectivity index (χ2v) is 5.38. The molecule has 1 N–H and O–H groups in total. The second-order valence-electron chi connectivity index (χ2n) is 5.38. The predicted octanol–water partition coefficient (Wildman–Crippen LogP) is 1.82. The minimum atomic E-state index is -0.361. The molecule has 0 amide bonds. The first-order valence-electron chi connectivity index (χ1n) is 6.79. The first kappa shape index (κ1) is 13.1. The van der Waals surface area contributed by atoms with Crippen LogP contribution in [0.3, 0.4) is 0 Å². The van der Waals surface area contributed by atoms with Crippen LogP contribution in [0.2, 0.25) is 0 Å². The normalized spacial score (nSPS) is 17.6. The molecule has 0 bridgehead atoms. The minimum absolute atomic E-state index is 0.130. The van der Waals surface area contributed by atoms with E-state index in [2.05, 4.69) is 21.8 Å². The van der Waals surface area contributed by atoms with Gasteiger partial charge in [0.25, 0.3) is 5.69 Å². The maximum absolute atomic E-state index is 10.8. The summed E-state index contributed by atoms with van der Waals surface area (Å²) in [6, 6.07) is 5.02. The molecule has 1 aromatic heterocycles. The lowest BCUT2D eigenvalue weighted by Gasteiger charge is -2.32. The number of non-ortho nitro benzene ring substituents is 1. The van der Waals surface area contributed by atoms with Crippen molar-refractivity contribution >= 4 is 16.6 Å². The van der Waals surface area contributed by atoms with Gasteiger partial charge in [-0.3, -0.25) is 15.0 Å². The number of nitrogens with zero attached hydrogens (tertiary/aromatic N) is 3. The Labute approximate surface area is 117 Å². The van der Waals surface area contributed by atoms with Crippen molar-refractivity contribution in [2.75, 3.05) is 33.2 Å². The van der Waals surface area contributed by atoms with Crippen LogP contribution in [0.25, 0.3) is 10.9 Å². The average Bonchev–Trinajstić information content (AvgIpc) is 2.84. The quantitative estimate of drug-likeness (QED) is 0.685. The van der Waals surface area contributed by atoms with Crippen molar-refractivity contribution in [2.45, 2.75) is 6.54 Å². The Hall–Kier alpha value is -1.92. The maximum Gasteiger partial charge on any atom is 0.271 e. The molecule has 1 fully saturated rings. The molecular formula is C14H18N4O2. The van der Waals surface area contributed by atoms with Crippen LogP contribution >= 0.6 is 0 Å². The van der Waals surface area contributed by atoms with Gasteiger partial charge in [-0.05, 0) is 18.7 Å². The van der Waals surface area contributed by atoms with Crippen LogP contribution in [0.4, 0.5) is 5.69 Å². The van der Waals surface area contributed by atoms with Crippen LogP contribution in [0.15, 0.2) is 24.4 Å². The summed E-state index contributed by atoms with van der Waals surface area (Å²) in [5.74, 6) is 0. The number of aromatic nitrogens is 1. The molecule has 106 valence electrons. The van der Waals surface area contributed by atoms with Gasteiger partial charge in [-0.2, -0.15) is 0 Å². The minimum Gasteiger partial charge on any atom is -0.361 e. The van der Waals surface area contributed by atoms with Gasteiger partial charge in [-0.1, -0.05) is 0 Å². The Morgan fingerprint density at radius 3 is 2.75 bits per heavy atom. The summed E-state index contributed by atoms with van der Waals surface area (Å²) in [7, 11) is 2.14. The highest BCUT2D eigenvalue weighted by Gasteiger charge is 2.16. The number of aromatic amines is 1.